The van der Waals surface area contributed by atoms with Gasteiger partial charge in [-0.1, -0.05) is 29.3 Å². The Morgan fingerprint density at radius 2 is 1.95 bits per heavy atom. The van der Waals surface area contributed by atoms with Crippen LogP contribution in [0.4, 0.5) is 10.1 Å². The summed E-state index contributed by atoms with van der Waals surface area (Å²) in [6, 6.07) is 8.10. The van der Waals surface area contributed by atoms with Crippen LogP contribution < -0.4 is 10.1 Å². The highest BCUT2D eigenvalue weighted by Crippen LogP contribution is 2.32. The van der Waals surface area contributed by atoms with Crippen LogP contribution in [0.25, 0.3) is 0 Å². The zero-order chi connectivity index (χ0) is 14.7. The van der Waals surface area contributed by atoms with Gasteiger partial charge >= 0.3 is 0 Å². The van der Waals surface area contributed by atoms with Crippen LogP contribution in [0.2, 0.25) is 10.0 Å². The fourth-order valence-corrected chi connectivity index (χ4v) is 2.96. The van der Waals surface area contributed by atoms with E-state index in [-0.39, 0.29) is 5.82 Å². The first kappa shape index (κ1) is 15.4. The van der Waals surface area contributed by atoms with Crippen molar-refractivity contribution in [2.45, 2.75) is 6.54 Å². The Bertz CT molecular complexity index is 614. The lowest BCUT2D eigenvalue weighted by Gasteiger charge is -2.12. The van der Waals surface area contributed by atoms with Crippen molar-refractivity contribution in [3.05, 3.63) is 56.2 Å². The summed E-state index contributed by atoms with van der Waals surface area (Å²) in [4.78, 5) is 0. The predicted octanol–water partition coefficient (Wildman–Crippen LogP) is 5.52. The highest BCUT2D eigenvalue weighted by atomic mass is 79.9. The molecule has 0 atom stereocenters. The van der Waals surface area contributed by atoms with Gasteiger partial charge in [0.15, 0.2) is 0 Å². The molecule has 2 nitrogen and oxygen atoms in total. The molecule has 0 heterocycles. The zero-order valence-corrected chi connectivity index (χ0v) is 13.6. The molecule has 2 aromatic rings. The summed E-state index contributed by atoms with van der Waals surface area (Å²) in [5.41, 5.74) is 1.60. The lowest BCUT2D eigenvalue weighted by Crippen LogP contribution is -2.01. The quantitative estimate of drug-likeness (QED) is 0.756. The molecule has 2 aromatic carbocycles. The molecule has 106 valence electrons. The van der Waals surface area contributed by atoms with E-state index in [0.717, 1.165) is 5.56 Å². The van der Waals surface area contributed by atoms with Gasteiger partial charge in [-0.25, -0.2) is 4.39 Å². The molecule has 20 heavy (non-hydrogen) atoms. The van der Waals surface area contributed by atoms with Crippen LogP contribution in [0.5, 0.6) is 5.75 Å². The summed E-state index contributed by atoms with van der Waals surface area (Å²) in [7, 11) is 1.56. The smallest absolute Gasteiger partial charge is 0.137 e. The van der Waals surface area contributed by atoms with Gasteiger partial charge in [0.2, 0.25) is 0 Å². The number of anilines is 1. The lowest BCUT2D eigenvalue weighted by atomic mass is 10.2. The second-order valence-corrected chi connectivity index (χ2v) is 5.74. The van der Waals surface area contributed by atoms with Crippen LogP contribution >= 0.6 is 39.1 Å². The number of hydrogen-bond donors (Lipinski definition) is 1. The van der Waals surface area contributed by atoms with Crippen molar-refractivity contribution >= 4 is 44.8 Å². The molecule has 1 N–H and O–H groups in total. The molecule has 0 aliphatic carbocycles. The van der Waals surface area contributed by atoms with Gasteiger partial charge in [0.05, 0.1) is 22.8 Å². The molecule has 6 heteroatoms. The number of hydrogen-bond acceptors (Lipinski definition) is 2. The molecule has 0 aliphatic rings. The van der Waals surface area contributed by atoms with E-state index in [1.54, 1.807) is 19.2 Å². The molecule has 0 aliphatic heterocycles. The Balaban J connectivity index is 2.15. The topological polar surface area (TPSA) is 21.3 Å². The largest absolute Gasteiger partial charge is 0.495 e. The molecule has 0 bridgehead atoms. The fraction of sp³-hybridized carbons (Fsp3) is 0.143. The summed E-state index contributed by atoms with van der Waals surface area (Å²) in [6.45, 7) is 0.508. The first-order chi connectivity index (χ1) is 9.51. The van der Waals surface area contributed by atoms with E-state index in [1.165, 1.54) is 12.1 Å². The Morgan fingerprint density at radius 1 is 1.20 bits per heavy atom. The van der Waals surface area contributed by atoms with Crippen LogP contribution in [0.1, 0.15) is 5.56 Å². The van der Waals surface area contributed by atoms with Crippen molar-refractivity contribution in [1.82, 2.24) is 0 Å². The molecule has 0 saturated heterocycles. The molecular weight excluding hydrogens is 368 g/mol. The van der Waals surface area contributed by atoms with Crippen molar-refractivity contribution in [1.29, 1.82) is 0 Å². The highest BCUT2D eigenvalue weighted by Gasteiger charge is 2.08. The van der Waals surface area contributed by atoms with E-state index >= 15 is 0 Å². The maximum atomic E-state index is 13.1. The van der Waals surface area contributed by atoms with Crippen molar-refractivity contribution in [2.75, 3.05) is 12.4 Å². The third kappa shape index (κ3) is 3.57. The monoisotopic (exact) mass is 377 g/mol. The van der Waals surface area contributed by atoms with E-state index in [1.807, 2.05) is 6.07 Å². The van der Waals surface area contributed by atoms with Gasteiger partial charge < -0.3 is 10.1 Å². The number of rotatable bonds is 4. The molecule has 0 unspecified atom stereocenters. The van der Waals surface area contributed by atoms with Gasteiger partial charge in [-0.05, 0) is 45.8 Å². The van der Waals surface area contributed by atoms with Crippen molar-refractivity contribution in [3.63, 3.8) is 0 Å². The van der Waals surface area contributed by atoms with Crippen LogP contribution in [0, 0.1) is 5.82 Å². The van der Waals surface area contributed by atoms with Gasteiger partial charge in [-0.2, -0.15) is 0 Å². The molecule has 0 spiro atoms. The molecule has 0 saturated carbocycles. The summed E-state index contributed by atoms with van der Waals surface area (Å²) in [6.07, 6.45) is 0. The number of ether oxygens (including phenoxy) is 1. The molecule has 0 aromatic heterocycles. The van der Waals surface area contributed by atoms with E-state index in [9.17, 15) is 4.39 Å². The minimum absolute atomic E-state index is 0.316. The molecule has 0 amide bonds. The van der Waals surface area contributed by atoms with E-state index in [2.05, 4.69) is 21.2 Å². The standard InChI is InChI=1S/C14H11BrCl2FNO/c1-20-13-3-2-8(4-11(13)16)7-19-14-10(15)5-9(18)6-12(14)17/h2-6,19H,7H2,1H3. The highest BCUT2D eigenvalue weighted by molar-refractivity contribution is 9.10. The molecule has 2 rings (SSSR count). The second kappa shape index (κ2) is 6.66. The fourth-order valence-electron chi connectivity index (χ4n) is 1.72. The minimum atomic E-state index is -0.389. The van der Waals surface area contributed by atoms with Gasteiger partial charge in [0.25, 0.3) is 0 Å². The maximum absolute atomic E-state index is 13.1. The van der Waals surface area contributed by atoms with Crippen molar-refractivity contribution < 1.29 is 9.13 Å². The Hall–Kier alpha value is -0.970. The SMILES string of the molecule is COc1ccc(CNc2c(Cl)cc(F)cc2Br)cc1Cl. The third-order valence-corrected chi connectivity index (χ3v) is 3.91. The van der Waals surface area contributed by atoms with E-state index in [0.29, 0.717) is 32.5 Å². The first-order valence-corrected chi connectivity index (χ1v) is 7.27. The van der Waals surface area contributed by atoms with E-state index < -0.39 is 0 Å². The molecule has 0 fully saturated rings. The Labute approximate surface area is 135 Å². The predicted molar refractivity (Wildman–Crippen MR) is 84.4 cm³/mol. The van der Waals surface area contributed by atoms with Gasteiger partial charge in [-0.15, -0.1) is 0 Å². The summed E-state index contributed by atoms with van der Waals surface area (Å²) >= 11 is 15.3. The van der Waals surface area contributed by atoms with Crippen LogP contribution in [-0.2, 0) is 6.54 Å². The van der Waals surface area contributed by atoms with Crippen LogP contribution in [0.15, 0.2) is 34.8 Å². The van der Waals surface area contributed by atoms with Gasteiger partial charge in [0, 0.05) is 11.0 Å². The zero-order valence-electron chi connectivity index (χ0n) is 10.5. The summed E-state index contributed by atoms with van der Waals surface area (Å²) < 4.78 is 18.8. The number of halogens is 4. The Morgan fingerprint density at radius 3 is 2.55 bits per heavy atom. The van der Waals surface area contributed by atoms with Crippen molar-refractivity contribution in [3.8, 4) is 5.75 Å². The van der Waals surface area contributed by atoms with E-state index in [4.69, 9.17) is 27.9 Å². The van der Waals surface area contributed by atoms with Crippen LogP contribution in [-0.4, -0.2) is 7.11 Å². The summed E-state index contributed by atoms with van der Waals surface area (Å²) in [5, 5.41) is 4.00. The maximum Gasteiger partial charge on any atom is 0.137 e. The third-order valence-electron chi connectivity index (χ3n) is 2.69. The number of methoxy groups -OCH3 is 1. The minimum Gasteiger partial charge on any atom is -0.495 e. The average Bonchev–Trinajstić information content (AvgIpc) is 2.37. The molecular formula is C14H11BrCl2FNO. The second-order valence-electron chi connectivity index (χ2n) is 4.07. The van der Waals surface area contributed by atoms with Gasteiger partial charge in [0.1, 0.15) is 11.6 Å². The number of benzene rings is 2. The lowest BCUT2D eigenvalue weighted by molar-refractivity contribution is 0.415. The summed E-state index contributed by atoms with van der Waals surface area (Å²) in [5.74, 6) is 0.233. The average molecular weight is 379 g/mol. The van der Waals surface area contributed by atoms with Crippen molar-refractivity contribution in [2.24, 2.45) is 0 Å². The Kier molecular flexibility index (Phi) is 5.13. The first-order valence-electron chi connectivity index (χ1n) is 5.72. The normalized spacial score (nSPS) is 10.4. The van der Waals surface area contributed by atoms with Crippen LogP contribution in [0.3, 0.4) is 0 Å². The molecule has 0 radical (unpaired) electrons. The van der Waals surface area contributed by atoms with Gasteiger partial charge in [-0.3, -0.25) is 0 Å². The number of nitrogens with one attached hydrogen (secondary N) is 1.